The van der Waals surface area contributed by atoms with Crippen LogP contribution in [0.2, 0.25) is 0 Å². The third kappa shape index (κ3) is 3.42. The van der Waals surface area contributed by atoms with Crippen molar-refractivity contribution in [3.63, 3.8) is 0 Å². The summed E-state index contributed by atoms with van der Waals surface area (Å²) in [6, 6.07) is 0. The average Bonchev–Trinajstić information content (AvgIpc) is 2.41. The van der Waals surface area contributed by atoms with Crippen LogP contribution >= 0.6 is 0 Å². The monoisotopic (exact) mass is 248 g/mol. The Kier molecular flexibility index (Phi) is 4.93. The lowest BCUT2D eigenvalue weighted by atomic mass is 9.97. The minimum atomic E-state index is 0.811. The molecule has 2 rings (SSSR count). The van der Waals surface area contributed by atoms with Crippen LogP contribution in [0.3, 0.4) is 0 Å². The molecule has 1 fully saturated rings. The summed E-state index contributed by atoms with van der Waals surface area (Å²) in [7, 11) is 2.03. The first kappa shape index (κ1) is 13.3. The number of aromatic nitrogens is 2. The Morgan fingerprint density at radius 2 is 1.94 bits per heavy atom. The number of hydrogen-bond acceptors (Lipinski definition) is 4. The Morgan fingerprint density at radius 3 is 2.50 bits per heavy atom. The summed E-state index contributed by atoms with van der Waals surface area (Å²) >= 11 is 0. The van der Waals surface area contributed by atoms with Crippen molar-refractivity contribution in [1.29, 1.82) is 0 Å². The Morgan fingerprint density at radius 1 is 1.28 bits per heavy atom. The van der Waals surface area contributed by atoms with Crippen molar-refractivity contribution in [3.05, 3.63) is 18.0 Å². The minimum Gasteiger partial charge on any atom is -0.341 e. The van der Waals surface area contributed by atoms with Crippen molar-refractivity contribution in [2.75, 3.05) is 31.6 Å². The maximum Gasteiger partial charge on any atom is 0.225 e. The predicted molar refractivity (Wildman–Crippen MR) is 74.9 cm³/mol. The van der Waals surface area contributed by atoms with Crippen LogP contribution in [0.15, 0.2) is 12.4 Å². The quantitative estimate of drug-likeness (QED) is 0.863. The zero-order valence-electron chi connectivity index (χ0n) is 11.5. The summed E-state index contributed by atoms with van der Waals surface area (Å²) in [5.41, 5.74) is 1.24. The first-order chi connectivity index (χ1) is 8.83. The largest absolute Gasteiger partial charge is 0.341 e. The van der Waals surface area contributed by atoms with Gasteiger partial charge in [0.1, 0.15) is 0 Å². The fourth-order valence-corrected chi connectivity index (χ4v) is 2.55. The summed E-state index contributed by atoms with van der Waals surface area (Å²) in [6.45, 7) is 5.48. The molecule has 2 heterocycles. The highest BCUT2D eigenvalue weighted by atomic mass is 15.2. The van der Waals surface area contributed by atoms with Crippen LogP contribution in [-0.4, -0.2) is 36.6 Å². The number of piperidine rings is 1. The molecule has 0 saturated carbocycles. The maximum atomic E-state index is 4.49. The zero-order valence-corrected chi connectivity index (χ0v) is 11.5. The molecule has 0 amide bonds. The van der Waals surface area contributed by atoms with Gasteiger partial charge in [-0.05, 0) is 44.3 Å². The average molecular weight is 248 g/mol. The van der Waals surface area contributed by atoms with E-state index in [-0.39, 0.29) is 0 Å². The number of anilines is 1. The maximum absolute atomic E-state index is 4.49. The second-order valence-corrected chi connectivity index (χ2v) is 5.13. The second kappa shape index (κ2) is 6.69. The van der Waals surface area contributed by atoms with Crippen LogP contribution in [0.5, 0.6) is 0 Å². The molecular formula is C14H24N4. The van der Waals surface area contributed by atoms with Gasteiger partial charge in [0.15, 0.2) is 0 Å². The van der Waals surface area contributed by atoms with Gasteiger partial charge in [-0.25, -0.2) is 9.97 Å². The molecule has 18 heavy (non-hydrogen) atoms. The lowest BCUT2D eigenvalue weighted by Crippen LogP contribution is -2.37. The molecule has 0 radical (unpaired) electrons. The molecule has 1 aliphatic rings. The van der Waals surface area contributed by atoms with Crippen LogP contribution in [0.25, 0.3) is 0 Å². The summed E-state index contributed by atoms with van der Waals surface area (Å²) in [6.07, 6.45) is 8.65. The van der Waals surface area contributed by atoms with E-state index in [0.717, 1.165) is 44.3 Å². The van der Waals surface area contributed by atoms with Crippen LogP contribution in [0.4, 0.5) is 5.95 Å². The summed E-state index contributed by atoms with van der Waals surface area (Å²) in [5.74, 6) is 1.71. The van der Waals surface area contributed by atoms with Gasteiger partial charge in [-0.3, -0.25) is 0 Å². The molecule has 0 bridgehead atoms. The summed E-state index contributed by atoms with van der Waals surface area (Å²) in [5, 5.41) is 3.26. The Balaban J connectivity index is 1.89. The third-order valence-electron chi connectivity index (χ3n) is 3.62. The number of aryl methyl sites for hydroxylation is 1. The van der Waals surface area contributed by atoms with Crippen molar-refractivity contribution in [3.8, 4) is 0 Å². The highest BCUT2D eigenvalue weighted by Crippen LogP contribution is 2.19. The van der Waals surface area contributed by atoms with E-state index >= 15 is 0 Å². The smallest absolute Gasteiger partial charge is 0.225 e. The van der Waals surface area contributed by atoms with E-state index in [2.05, 4.69) is 27.1 Å². The molecule has 1 aromatic heterocycles. The third-order valence-corrected chi connectivity index (χ3v) is 3.62. The molecule has 1 saturated heterocycles. The standard InChI is InChI=1S/C14H24N4/c1-3-4-13-10-16-14(17-11-13)18-7-5-12(6-8-18)9-15-2/h10-12,15H,3-9H2,1-2H3. The second-order valence-electron chi connectivity index (χ2n) is 5.13. The summed E-state index contributed by atoms with van der Waals surface area (Å²) < 4.78 is 0. The normalized spacial score (nSPS) is 17.1. The van der Waals surface area contributed by atoms with E-state index in [9.17, 15) is 0 Å². The van der Waals surface area contributed by atoms with Gasteiger partial charge in [-0.2, -0.15) is 0 Å². The zero-order chi connectivity index (χ0) is 12.8. The van der Waals surface area contributed by atoms with Gasteiger partial charge >= 0.3 is 0 Å². The van der Waals surface area contributed by atoms with Crippen LogP contribution in [-0.2, 0) is 6.42 Å². The molecule has 0 spiro atoms. The van der Waals surface area contributed by atoms with Gasteiger partial charge in [-0.15, -0.1) is 0 Å². The van der Waals surface area contributed by atoms with E-state index in [4.69, 9.17) is 0 Å². The van der Waals surface area contributed by atoms with E-state index in [1.54, 1.807) is 0 Å². The molecule has 0 aromatic carbocycles. The van der Waals surface area contributed by atoms with Gasteiger partial charge in [0.25, 0.3) is 0 Å². The van der Waals surface area contributed by atoms with Gasteiger partial charge in [0, 0.05) is 25.5 Å². The van der Waals surface area contributed by atoms with E-state index in [0.29, 0.717) is 0 Å². The van der Waals surface area contributed by atoms with E-state index in [1.807, 2.05) is 19.4 Å². The molecule has 1 aliphatic heterocycles. The molecule has 4 nitrogen and oxygen atoms in total. The van der Waals surface area contributed by atoms with E-state index in [1.165, 1.54) is 18.4 Å². The fourth-order valence-electron chi connectivity index (χ4n) is 2.55. The summed E-state index contributed by atoms with van der Waals surface area (Å²) in [4.78, 5) is 11.3. The molecule has 0 aliphatic carbocycles. The molecule has 4 heteroatoms. The van der Waals surface area contributed by atoms with Gasteiger partial charge < -0.3 is 10.2 Å². The Labute approximate surface area is 110 Å². The van der Waals surface area contributed by atoms with Crippen molar-refractivity contribution >= 4 is 5.95 Å². The van der Waals surface area contributed by atoms with Crippen molar-refractivity contribution in [2.45, 2.75) is 32.6 Å². The van der Waals surface area contributed by atoms with Crippen LogP contribution in [0, 0.1) is 5.92 Å². The number of hydrogen-bond donors (Lipinski definition) is 1. The lowest BCUT2D eigenvalue weighted by molar-refractivity contribution is 0.391. The highest BCUT2D eigenvalue weighted by molar-refractivity contribution is 5.30. The molecule has 1 aromatic rings. The van der Waals surface area contributed by atoms with Gasteiger partial charge in [0.2, 0.25) is 5.95 Å². The van der Waals surface area contributed by atoms with Crippen LogP contribution < -0.4 is 10.2 Å². The van der Waals surface area contributed by atoms with E-state index < -0.39 is 0 Å². The van der Waals surface area contributed by atoms with Crippen molar-refractivity contribution < 1.29 is 0 Å². The number of rotatable bonds is 5. The Bertz CT molecular complexity index is 341. The van der Waals surface area contributed by atoms with Crippen LogP contribution in [0.1, 0.15) is 31.7 Å². The minimum absolute atomic E-state index is 0.811. The first-order valence-corrected chi connectivity index (χ1v) is 7.04. The van der Waals surface area contributed by atoms with Gasteiger partial charge in [-0.1, -0.05) is 13.3 Å². The lowest BCUT2D eigenvalue weighted by Gasteiger charge is -2.31. The van der Waals surface area contributed by atoms with Crippen molar-refractivity contribution in [1.82, 2.24) is 15.3 Å². The molecule has 0 unspecified atom stereocenters. The predicted octanol–water partition coefficient (Wildman–Crippen LogP) is 1.86. The SMILES string of the molecule is CCCc1cnc(N2CCC(CNC)CC2)nc1. The number of nitrogens with one attached hydrogen (secondary N) is 1. The topological polar surface area (TPSA) is 41.1 Å². The number of nitrogens with zero attached hydrogens (tertiary/aromatic N) is 3. The molecule has 100 valence electrons. The Hall–Kier alpha value is -1.16. The van der Waals surface area contributed by atoms with Gasteiger partial charge in [0.05, 0.1) is 0 Å². The fraction of sp³-hybridized carbons (Fsp3) is 0.714. The first-order valence-electron chi connectivity index (χ1n) is 7.04. The molecule has 1 N–H and O–H groups in total. The molecule has 0 atom stereocenters. The highest BCUT2D eigenvalue weighted by Gasteiger charge is 2.20. The van der Waals surface area contributed by atoms with Crippen molar-refractivity contribution in [2.24, 2.45) is 5.92 Å². The molecular weight excluding hydrogens is 224 g/mol.